The van der Waals surface area contributed by atoms with Crippen LogP contribution < -0.4 is 0 Å². The van der Waals surface area contributed by atoms with Crippen molar-refractivity contribution in [2.75, 3.05) is 0 Å². The number of fused-ring (bicyclic) bond motifs is 1. The van der Waals surface area contributed by atoms with E-state index in [0.717, 1.165) is 25.7 Å². The van der Waals surface area contributed by atoms with Gasteiger partial charge in [-0.2, -0.15) is 0 Å². The molecule has 0 atom stereocenters. The van der Waals surface area contributed by atoms with E-state index in [-0.39, 0.29) is 5.56 Å². The fourth-order valence-electron chi connectivity index (χ4n) is 3.32. The Labute approximate surface area is 141 Å². The van der Waals surface area contributed by atoms with E-state index in [2.05, 4.69) is 6.92 Å². The molecule has 0 fully saturated rings. The lowest BCUT2D eigenvalue weighted by Crippen LogP contribution is -2.06. The van der Waals surface area contributed by atoms with Crippen LogP contribution in [0.4, 0.5) is 13.2 Å². The molecule has 3 rings (SSSR count). The van der Waals surface area contributed by atoms with Crippen LogP contribution in [-0.4, -0.2) is 0 Å². The Morgan fingerprint density at radius 2 is 1.71 bits per heavy atom. The normalized spacial score (nSPS) is 13.6. The highest BCUT2D eigenvalue weighted by molar-refractivity contribution is 5.71. The van der Waals surface area contributed by atoms with Crippen molar-refractivity contribution in [3.05, 3.63) is 64.5 Å². The van der Waals surface area contributed by atoms with Crippen molar-refractivity contribution in [2.24, 2.45) is 0 Å². The Morgan fingerprint density at radius 3 is 2.42 bits per heavy atom. The topological polar surface area (TPSA) is 0 Å². The summed E-state index contributed by atoms with van der Waals surface area (Å²) >= 11 is 0. The van der Waals surface area contributed by atoms with Crippen LogP contribution in [0.3, 0.4) is 0 Å². The number of benzene rings is 2. The lowest BCUT2D eigenvalue weighted by Gasteiger charge is -2.19. The van der Waals surface area contributed by atoms with E-state index in [1.807, 2.05) is 6.08 Å². The minimum atomic E-state index is -0.594. The molecule has 24 heavy (non-hydrogen) atoms. The first-order chi connectivity index (χ1) is 11.6. The molecule has 0 bridgehead atoms. The molecule has 0 spiro atoms. The van der Waals surface area contributed by atoms with Crippen LogP contribution in [0, 0.1) is 17.5 Å². The van der Waals surface area contributed by atoms with Gasteiger partial charge in [-0.1, -0.05) is 43.5 Å². The van der Waals surface area contributed by atoms with Crippen molar-refractivity contribution in [3.8, 4) is 11.1 Å². The van der Waals surface area contributed by atoms with Gasteiger partial charge in [-0.25, -0.2) is 13.2 Å². The van der Waals surface area contributed by atoms with E-state index in [0.29, 0.717) is 23.1 Å². The minimum Gasteiger partial charge on any atom is -0.207 e. The van der Waals surface area contributed by atoms with Crippen LogP contribution >= 0.6 is 0 Å². The van der Waals surface area contributed by atoms with Crippen molar-refractivity contribution in [1.82, 2.24) is 0 Å². The van der Waals surface area contributed by atoms with Crippen molar-refractivity contribution in [2.45, 2.75) is 45.4 Å². The maximum atomic E-state index is 14.9. The molecule has 0 N–H and O–H groups in total. The van der Waals surface area contributed by atoms with Crippen molar-refractivity contribution < 1.29 is 13.2 Å². The Morgan fingerprint density at radius 1 is 0.958 bits per heavy atom. The SMILES string of the molecule is CCCCCC1=Cc2cc(F)c(-c3ccc(F)cc3)c(F)c2CC1. The van der Waals surface area contributed by atoms with Gasteiger partial charge in [-0.3, -0.25) is 0 Å². The molecule has 1 aliphatic rings. The first-order valence-electron chi connectivity index (χ1n) is 8.56. The summed E-state index contributed by atoms with van der Waals surface area (Å²) in [5, 5.41) is 0. The van der Waals surface area contributed by atoms with Crippen LogP contribution in [0.2, 0.25) is 0 Å². The summed E-state index contributed by atoms with van der Waals surface area (Å²) in [5.41, 5.74) is 2.79. The summed E-state index contributed by atoms with van der Waals surface area (Å²) in [6, 6.07) is 6.69. The fourth-order valence-corrected chi connectivity index (χ4v) is 3.32. The number of allylic oxidation sites excluding steroid dienone is 1. The summed E-state index contributed by atoms with van der Waals surface area (Å²) < 4.78 is 42.4. The molecule has 0 radical (unpaired) electrons. The number of hydrogen-bond acceptors (Lipinski definition) is 0. The number of hydrogen-bond donors (Lipinski definition) is 0. The molecule has 0 amide bonds. The van der Waals surface area contributed by atoms with E-state index in [9.17, 15) is 13.2 Å². The zero-order chi connectivity index (χ0) is 17.1. The molecule has 3 heteroatoms. The summed E-state index contributed by atoms with van der Waals surface area (Å²) in [7, 11) is 0. The Balaban J connectivity index is 1.96. The maximum Gasteiger partial charge on any atom is 0.137 e. The lowest BCUT2D eigenvalue weighted by molar-refractivity contribution is 0.573. The Bertz CT molecular complexity index is 758. The van der Waals surface area contributed by atoms with E-state index < -0.39 is 17.5 Å². The van der Waals surface area contributed by atoms with Gasteiger partial charge in [0.1, 0.15) is 17.5 Å². The Hall–Kier alpha value is -2.03. The number of unbranched alkanes of at least 4 members (excludes halogenated alkanes) is 2. The second-order valence-electron chi connectivity index (χ2n) is 6.38. The third-order valence-electron chi connectivity index (χ3n) is 4.64. The maximum absolute atomic E-state index is 14.9. The van der Waals surface area contributed by atoms with Gasteiger partial charge >= 0.3 is 0 Å². The molecule has 1 aliphatic carbocycles. The average Bonchev–Trinajstić information content (AvgIpc) is 2.56. The van der Waals surface area contributed by atoms with E-state index in [4.69, 9.17) is 0 Å². The predicted molar refractivity (Wildman–Crippen MR) is 92.2 cm³/mol. The summed E-state index contributed by atoms with van der Waals surface area (Å²) in [6.07, 6.45) is 7.81. The first-order valence-corrected chi connectivity index (χ1v) is 8.56. The second-order valence-corrected chi connectivity index (χ2v) is 6.38. The zero-order valence-corrected chi connectivity index (χ0v) is 13.8. The third-order valence-corrected chi connectivity index (χ3v) is 4.64. The minimum absolute atomic E-state index is 0.0587. The quantitative estimate of drug-likeness (QED) is 0.536. The summed E-state index contributed by atoms with van der Waals surface area (Å²) in [5.74, 6) is -1.53. The molecule has 0 aliphatic heterocycles. The van der Waals surface area contributed by atoms with Gasteiger partial charge in [-0.15, -0.1) is 0 Å². The van der Waals surface area contributed by atoms with E-state index >= 15 is 0 Å². The van der Waals surface area contributed by atoms with E-state index in [1.54, 1.807) is 0 Å². The third kappa shape index (κ3) is 3.40. The van der Waals surface area contributed by atoms with Crippen LogP contribution in [0.15, 0.2) is 35.9 Å². The number of rotatable bonds is 5. The standard InChI is InChI=1S/C21H21F3/c1-2-3-4-5-14-6-11-18-16(12-14)13-19(23)20(21(18)24)15-7-9-17(22)10-8-15/h7-10,12-13H,2-6,11H2,1H3. The van der Waals surface area contributed by atoms with Gasteiger partial charge in [-0.05, 0) is 60.6 Å². The van der Waals surface area contributed by atoms with Crippen molar-refractivity contribution in [3.63, 3.8) is 0 Å². The molecule has 0 heterocycles. The van der Waals surface area contributed by atoms with Gasteiger partial charge in [0, 0.05) is 0 Å². The van der Waals surface area contributed by atoms with Crippen LogP contribution in [0.25, 0.3) is 17.2 Å². The molecule has 2 aromatic rings. The molecule has 2 aromatic carbocycles. The molecule has 0 aromatic heterocycles. The molecule has 0 saturated carbocycles. The highest BCUT2D eigenvalue weighted by Gasteiger charge is 2.21. The average molecular weight is 330 g/mol. The smallest absolute Gasteiger partial charge is 0.137 e. The monoisotopic (exact) mass is 330 g/mol. The summed E-state index contributed by atoms with van der Waals surface area (Å²) in [4.78, 5) is 0. The van der Waals surface area contributed by atoms with Crippen LogP contribution in [0.1, 0.15) is 50.2 Å². The lowest BCUT2D eigenvalue weighted by atomic mass is 9.87. The predicted octanol–water partition coefficient (Wildman–Crippen LogP) is 6.68. The highest BCUT2D eigenvalue weighted by Crippen LogP contribution is 2.35. The van der Waals surface area contributed by atoms with Crippen molar-refractivity contribution >= 4 is 6.08 Å². The largest absolute Gasteiger partial charge is 0.207 e. The molecule has 0 nitrogen and oxygen atoms in total. The molecular formula is C21H21F3. The Kier molecular flexibility index (Phi) is 5.08. The first kappa shape index (κ1) is 16.8. The molecule has 126 valence electrons. The van der Waals surface area contributed by atoms with Gasteiger partial charge in [0.05, 0.1) is 5.56 Å². The van der Waals surface area contributed by atoms with Gasteiger partial charge in [0.15, 0.2) is 0 Å². The van der Waals surface area contributed by atoms with Gasteiger partial charge in [0.2, 0.25) is 0 Å². The second kappa shape index (κ2) is 7.25. The van der Waals surface area contributed by atoms with Crippen LogP contribution in [-0.2, 0) is 6.42 Å². The molecule has 0 unspecified atom stereocenters. The van der Waals surface area contributed by atoms with Gasteiger partial charge in [0.25, 0.3) is 0 Å². The van der Waals surface area contributed by atoms with Crippen molar-refractivity contribution in [1.29, 1.82) is 0 Å². The summed E-state index contributed by atoms with van der Waals surface area (Å²) in [6.45, 7) is 2.16. The van der Waals surface area contributed by atoms with Crippen LogP contribution in [0.5, 0.6) is 0 Å². The molecular weight excluding hydrogens is 309 g/mol. The fraction of sp³-hybridized carbons (Fsp3) is 0.333. The highest BCUT2D eigenvalue weighted by atomic mass is 19.1. The zero-order valence-electron chi connectivity index (χ0n) is 13.8. The van der Waals surface area contributed by atoms with Gasteiger partial charge < -0.3 is 0 Å². The van der Waals surface area contributed by atoms with E-state index in [1.165, 1.54) is 42.3 Å². The number of halogens is 3. The molecule has 0 saturated heterocycles.